The second kappa shape index (κ2) is 5.46. The Bertz CT molecular complexity index is 263. The number of carbonyl (C=O) groups is 1. The van der Waals surface area contributed by atoms with Crippen molar-refractivity contribution in [3.8, 4) is 0 Å². The van der Waals surface area contributed by atoms with Crippen LogP contribution in [0.1, 0.15) is 26.2 Å². The fraction of sp³-hybridized carbons (Fsp3) is 0.923. The third-order valence-corrected chi connectivity index (χ3v) is 4.22. The number of carbonyl (C=O) groups excluding carboxylic acids is 1. The molecule has 2 atom stereocenters. The van der Waals surface area contributed by atoms with Gasteiger partial charge in [-0.05, 0) is 25.2 Å². The molecule has 2 unspecified atom stereocenters. The first-order valence-corrected chi connectivity index (χ1v) is 6.60. The number of hydrogen-bond acceptors (Lipinski definition) is 4. The maximum atomic E-state index is 11.4. The number of likely N-dealkylation sites (tertiary alicyclic amines) is 1. The van der Waals surface area contributed by atoms with Crippen molar-refractivity contribution in [1.82, 2.24) is 4.90 Å². The molecule has 0 aliphatic carbocycles. The van der Waals surface area contributed by atoms with Gasteiger partial charge in [-0.15, -0.1) is 0 Å². The third kappa shape index (κ3) is 3.06. The summed E-state index contributed by atoms with van der Waals surface area (Å²) in [6, 6.07) is 0. The quantitative estimate of drug-likeness (QED) is 0.738. The fourth-order valence-corrected chi connectivity index (χ4v) is 2.90. The molecule has 2 aliphatic rings. The molecule has 0 bridgehead atoms. The minimum atomic E-state index is -0.208. The standard InChI is InChI=1S/C13H23NO3/c1-11-8-14(5-2-12(11)16)9-13(10-15)3-6-17-7-4-13/h10-12,16H,2-9H2,1H3. The lowest BCUT2D eigenvalue weighted by Crippen LogP contribution is -2.48. The lowest BCUT2D eigenvalue weighted by molar-refractivity contribution is -0.124. The van der Waals surface area contributed by atoms with Crippen LogP contribution in [0.25, 0.3) is 0 Å². The number of nitrogens with zero attached hydrogens (tertiary/aromatic N) is 1. The largest absolute Gasteiger partial charge is 0.393 e. The van der Waals surface area contributed by atoms with E-state index < -0.39 is 0 Å². The van der Waals surface area contributed by atoms with Gasteiger partial charge < -0.3 is 19.5 Å². The Kier molecular flexibility index (Phi) is 4.17. The summed E-state index contributed by atoms with van der Waals surface area (Å²) in [5.74, 6) is 0.312. The van der Waals surface area contributed by atoms with Gasteiger partial charge in [0.15, 0.2) is 0 Å². The van der Waals surface area contributed by atoms with Crippen LogP contribution in [0.5, 0.6) is 0 Å². The summed E-state index contributed by atoms with van der Waals surface area (Å²) in [6.45, 7) is 6.11. The van der Waals surface area contributed by atoms with Crippen molar-refractivity contribution in [2.75, 3.05) is 32.8 Å². The van der Waals surface area contributed by atoms with Crippen LogP contribution < -0.4 is 0 Å². The van der Waals surface area contributed by atoms with Gasteiger partial charge in [0, 0.05) is 38.3 Å². The lowest BCUT2D eigenvalue weighted by atomic mass is 9.80. The van der Waals surface area contributed by atoms with Crippen molar-refractivity contribution in [3.63, 3.8) is 0 Å². The molecule has 2 saturated heterocycles. The van der Waals surface area contributed by atoms with Gasteiger partial charge in [-0.3, -0.25) is 0 Å². The maximum Gasteiger partial charge on any atom is 0.127 e. The van der Waals surface area contributed by atoms with Gasteiger partial charge >= 0.3 is 0 Å². The van der Waals surface area contributed by atoms with E-state index in [-0.39, 0.29) is 11.5 Å². The number of hydrogen-bond donors (Lipinski definition) is 1. The molecule has 2 rings (SSSR count). The first-order valence-electron chi connectivity index (χ1n) is 6.60. The van der Waals surface area contributed by atoms with E-state index in [4.69, 9.17) is 4.74 Å². The molecule has 0 aromatic rings. The van der Waals surface area contributed by atoms with E-state index in [1.165, 1.54) is 0 Å². The molecule has 4 nitrogen and oxygen atoms in total. The van der Waals surface area contributed by atoms with Crippen LogP contribution in [0, 0.1) is 11.3 Å². The molecule has 0 aromatic carbocycles. The van der Waals surface area contributed by atoms with Crippen LogP contribution in [-0.2, 0) is 9.53 Å². The first kappa shape index (κ1) is 13.0. The van der Waals surface area contributed by atoms with Gasteiger partial charge in [0.25, 0.3) is 0 Å². The van der Waals surface area contributed by atoms with Crippen LogP contribution in [0.4, 0.5) is 0 Å². The summed E-state index contributed by atoms with van der Waals surface area (Å²) in [6.07, 6.45) is 3.46. The monoisotopic (exact) mass is 241 g/mol. The number of aldehydes is 1. The highest BCUT2D eigenvalue weighted by atomic mass is 16.5. The van der Waals surface area contributed by atoms with Crippen LogP contribution in [0.2, 0.25) is 0 Å². The highest BCUT2D eigenvalue weighted by molar-refractivity contribution is 5.60. The van der Waals surface area contributed by atoms with Gasteiger partial charge in [-0.25, -0.2) is 0 Å². The number of rotatable bonds is 3. The zero-order valence-corrected chi connectivity index (χ0v) is 10.6. The summed E-state index contributed by atoms with van der Waals surface area (Å²) in [4.78, 5) is 13.7. The molecular weight excluding hydrogens is 218 g/mol. The minimum absolute atomic E-state index is 0.173. The average molecular weight is 241 g/mol. The smallest absolute Gasteiger partial charge is 0.127 e. The van der Waals surface area contributed by atoms with Crippen molar-refractivity contribution in [1.29, 1.82) is 0 Å². The average Bonchev–Trinajstić information content (AvgIpc) is 2.35. The van der Waals surface area contributed by atoms with Gasteiger partial charge in [0.2, 0.25) is 0 Å². The Balaban J connectivity index is 1.92. The van der Waals surface area contributed by atoms with E-state index in [1.54, 1.807) is 0 Å². The van der Waals surface area contributed by atoms with Gasteiger partial charge in [-0.2, -0.15) is 0 Å². The first-order chi connectivity index (χ1) is 8.15. The van der Waals surface area contributed by atoms with Crippen molar-refractivity contribution in [3.05, 3.63) is 0 Å². The molecule has 2 fully saturated rings. The lowest BCUT2D eigenvalue weighted by Gasteiger charge is -2.41. The Morgan fingerprint density at radius 1 is 1.47 bits per heavy atom. The third-order valence-electron chi connectivity index (χ3n) is 4.22. The minimum Gasteiger partial charge on any atom is -0.393 e. The van der Waals surface area contributed by atoms with Gasteiger partial charge in [-0.1, -0.05) is 6.92 Å². The van der Waals surface area contributed by atoms with E-state index in [2.05, 4.69) is 11.8 Å². The normalized spacial score (nSPS) is 34.5. The van der Waals surface area contributed by atoms with Crippen molar-refractivity contribution >= 4 is 6.29 Å². The summed E-state index contributed by atoms with van der Waals surface area (Å²) in [5, 5.41) is 9.71. The van der Waals surface area contributed by atoms with Gasteiger partial charge in [0.1, 0.15) is 6.29 Å². The molecular formula is C13H23NO3. The van der Waals surface area contributed by atoms with Crippen molar-refractivity contribution < 1.29 is 14.6 Å². The van der Waals surface area contributed by atoms with Crippen molar-refractivity contribution in [2.45, 2.75) is 32.3 Å². The van der Waals surface area contributed by atoms with E-state index in [0.717, 1.165) is 45.2 Å². The molecule has 2 aliphatic heterocycles. The number of aliphatic hydroxyl groups excluding tert-OH is 1. The van der Waals surface area contributed by atoms with E-state index in [9.17, 15) is 9.90 Å². The summed E-state index contributed by atoms with van der Waals surface area (Å²) in [5.41, 5.74) is -0.208. The zero-order valence-electron chi connectivity index (χ0n) is 10.6. The molecule has 17 heavy (non-hydrogen) atoms. The van der Waals surface area contributed by atoms with Gasteiger partial charge in [0.05, 0.1) is 6.10 Å². The molecule has 0 radical (unpaired) electrons. The molecule has 0 amide bonds. The molecule has 0 saturated carbocycles. The number of piperidine rings is 1. The van der Waals surface area contributed by atoms with Crippen LogP contribution in [0.15, 0.2) is 0 Å². The maximum absolute atomic E-state index is 11.4. The summed E-state index contributed by atoms with van der Waals surface area (Å²) < 4.78 is 5.34. The highest BCUT2D eigenvalue weighted by Gasteiger charge is 2.36. The van der Waals surface area contributed by atoms with Crippen LogP contribution >= 0.6 is 0 Å². The molecule has 1 N–H and O–H groups in total. The molecule has 0 spiro atoms. The molecule has 0 aromatic heterocycles. The predicted octanol–water partition coefficient (Wildman–Crippen LogP) is 0.685. The summed E-state index contributed by atoms with van der Waals surface area (Å²) >= 11 is 0. The number of ether oxygens (including phenoxy) is 1. The molecule has 98 valence electrons. The second-order valence-corrected chi connectivity index (χ2v) is 5.66. The van der Waals surface area contributed by atoms with E-state index in [1.807, 2.05) is 0 Å². The van der Waals surface area contributed by atoms with E-state index in [0.29, 0.717) is 19.1 Å². The Morgan fingerprint density at radius 2 is 2.18 bits per heavy atom. The van der Waals surface area contributed by atoms with Crippen molar-refractivity contribution in [2.24, 2.45) is 11.3 Å². The predicted molar refractivity (Wildman–Crippen MR) is 64.8 cm³/mol. The topological polar surface area (TPSA) is 49.8 Å². The second-order valence-electron chi connectivity index (χ2n) is 5.66. The Morgan fingerprint density at radius 3 is 2.76 bits per heavy atom. The van der Waals surface area contributed by atoms with Crippen LogP contribution in [0.3, 0.4) is 0 Å². The Labute approximate surface area is 103 Å². The Hall–Kier alpha value is -0.450. The SMILES string of the molecule is CC1CN(CC2(C=O)CCOCC2)CCC1O. The highest BCUT2D eigenvalue weighted by Crippen LogP contribution is 2.30. The summed E-state index contributed by atoms with van der Waals surface area (Å²) in [7, 11) is 0. The number of aliphatic hydroxyl groups is 1. The zero-order chi connectivity index (χ0) is 12.3. The fourth-order valence-electron chi connectivity index (χ4n) is 2.90. The molecule has 4 heteroatoms. The molecule has 2 heterocycles. The van der Waals surface area contributed by atoms with Crippen LogP contribution in [-0.4, -0.2) is 55.2 Å². The van der Waals surface area contributed by atoms with E-state index >= 15 is 0 Å².